The fourth-order valence-corrected chi connectivity index (χ4v) is 1.66. The van der Waals surface area contributed by atoms with Crippen LogP contribution in [0.3, 0.4) is 0 Å². The maximum atomic E-state index is 11.9. The summed E-state index contributed by atoms with van der Waals surface area (Å²) in [7, 11) is 1.64. The molecule has 0 heterocycles. The lowest BCUT2D eigenvalue weighted by atomic mass is 10.1. The van der Waals surface area contributed by atoms with Gasteiger partial charge in [-0.15, -0.1) is 0 Å². The molecule has 0 bridgehead atoms. The van der Waals surface area contributed by atoms with Crippen LogP contribution in [0.25, 0.3) is 0 Å². The van der Waals surface area contributed by atoms with Gasteiger partial charge in [-0.05, 0) is 20.3 Å². The Morgan fingerprint density at radius 1 is 1.47 bits per heavy atom. The van der Waals surface area contributed by atoms with Gasteiger partial charge in [0.2, 0.25) is 5.91 Å². The van der Waals surface area contributed by atoms with Gasteiger partial charge in [-0.1, -0.05) is 13.3 Å². The van der Waals surface area contributed by atoms with Crippen LogP contribution in [0.1, 0.15) is 33.6 Å². The van der Waals surface area contributed by atoms with Crippen LogP contribution < -0.4 is 5.73 Å². The van der Waals surface area contributed by atoms with Crippen molar-refractivity contribution in [3.05, 3.63) is 0 Å². The molecule has 1 amide bonds. The molecule has 1 unspecified atom stereocenters. The number of methoxy groups -OCH3 is 1. The van der Waals surface area contributed by atoms with Crippen LogP contribution in [0.15, 0.2) is 0 Å². The van der Waals surface area contributed by atoms with Crippen LogP contribution in [0.4, 0.5) is 0 Å². The Labute approximate surface area is 92.8 Å². The van der Waals surface area contributed by atoms with E-state index in [2.05, 4.69) is 0 Å². The number of amides is 1. The summed E-state index contributed by atoms with van der Waals surface area (Å²) in [6.45, 7) is 7.20. The number of carbonyl (C=O) groups is 1. The highest BCUT2D eigenvalue weighted by atomic mass is 16.5. The van der Waals surface area contributed by atoms with Crippen molar-refractivity contribution < 1.29 is 9.53 Å². The molecule has 0 spiro atoms. The first kappa shape index (κ1) is 14.4. The standard InChI is InChI=1S/C11H24N2O2/c1-5-7-10(12)11(14)13(6-2)9(3)8-15-4/h9-10H,5-8,12H2,1-4H3/t9?,10-/m1/s1. The third-order valence-corrected chi connectivity index (χ3v) is 2.48. The molecule has 0 fully saturated rings. The minimum atomic E-state index is -0.366. The SMILES string of the molecule is CCC[C@@H](N)C(=O)N(CC)C(C)COC. The number of carbonyl (C=O) groups excluding carboxylic acids is 1. The van der Waals surface area contributed by atoms with Gasteiger partial charge in [0, 0.05) is 13.7 Å². The van der Waals surface area contributed by atoms with E-state index in [-0.39, 0.29) is 18.0 Å². The van der Waals surface area contributed by atoms with E-state index in [4.69, 9.17) is 10.5 Å². The van der Waals surface area contributed by atoms with Crippen molar-refractivity contribution in [3.63, 3.8) is 0 Å². The lowest BCUT2D eigenvalue weighted by Gasteiger charge is -2.29. The Morgan fingerprint density at radius 2 is 2.07 bits per heavy atom. The molecule has 0 aliphatic heterocycles. The second-order valence-corrected chi connectivity index (χ2v) is 3.82. The molecule has 0 aromatic carbocycles. The highest BCUT2D eigenvalue weighted by Gasteiger charge is 2.23. The zero-order chi connectivity index (χ0) is 11.8. The number of nitrogens with zero attached hydrogens (tertiary/aromatic N) is 1. The van der Waals surface area contributed by atoms with Gasteiger partial charge in [0.15, 0.2) is 0 Å². The van der Waals surface area contributed by atoms with Gasteiger partial charge in [0.1, 0.15) is 0 Å². The van der Waals surface area contributed by atoms with Crippen molar-refractivity contribution >= 4 is 5.91 Å². The Balaban J connectivity index is 4.32. The number of rotatable bonds is 7. The van der Waals surface area contributed by atoms with E-state index < -0.39 is 0 Å². The second kappa shape index (κ2) is 7.65. The minimum Gasteiger partial charge on any atom is -0.383 e. The molecule has 2 N–H and O–H groups in total. The van der Waals surface area contributed by atoms with Crippen LogP contribution in [-0.2, 0) is 9.53 Å². The molecule has 0 aliphatic rings. The summed E-state index contributed by atoms with van der Waals surface area (Å²) in [4.78, 5) is 13.7. The Bertz CT molecular complexity index is 185. The molecule has 0 aromatic heterocycles. The summed E-state index contributed by atoms with van der Waals surface area (Å²) in [6, 6.07) is -0.273. The first-order valence-corrected chi connectivity index (χ1v) is 5.63. The summed E-state index contributed by atoms with van der Waals surface area (Å²) >= 11 is 0. The van der Waals surface area contributed by atoms with Gasteiger partial charge in [-0.3, -0.25) is 4.79 Å². The summed E-state index contributed by atoms with van der Waals surface area (Å²) in [5.41, 5.74) is 5.81. The van der Waals surface area contributed by atoms with Gasteiger partial charge in [0.05, 0.1) is 18.7 Å². The van der Waals surface area contributed by atoms with E-state index >= 15 is 0 Å². The molecular formula is C11H24N2O2. The predicted octanol–water partition coefficient (Wildman–Crippen LogP) is 0.997. The monoisotopic (exact) mass is 216 g/mol. The molecule has 15 heavy (non-hydrogen) atoms. The lowest BCUT2D eigenvalue weighted by molar-refractivity contribution is -0.135. The van der Waals surface area contributed by atoms with Crippen molar-refractivity contribution in [2.24, 2.45) is 5.73 Å². The molecule has 0 aliphatic carbocycles. The molecule has 0 aromatic rings. The van der Waals surface area contributed by atoms with Gasteiger partial charge < -0.3 is 15.4 Å². The third-order valence-electron chi connectivity index (χ3n) is 2.48. The molecule has 2 atom stereocenters. The summed E-state index contributed by atoms with van der Waals surface area (Å²) in [6.07, 6.45) is 1.68. The number of nitrogens with two attached hydrogens (primary N) is 1. The van der Waals surface area contributed by atoms with Crippen LogP contribution in [0.5, 0.6) is 0 Å². The Kier molecular flexibility index (Phi) is 7.34. The molecule has 0 radical (unpaired) electrons. The molecule has 0 rings (SSSR count). The zero-order valence-corrected chi connectivity index (χ0v) is 10.3. The molecule has 0 saturated carbocycles. The highest BCUT2D eigenvalue weighted by Crippen LogP contribution is 2.05. The molecule has 90 valence electrons. The summed E-state index contributed by atoms with van der Waals surface area (Å²) in [5.74, 6) is 0.0314. The van der Waals surface area contributed by atoms with E-state index in [0.717, 1.165) is 12.8 Å². The number of ether oxygens (including phenoxy) is 1. The van der Waals surface area contributed by atoms with Gasteiger partial charge >= 0.3 is 0 Å². The third kappa shape index (κ3) is 4.62. The number of hydrogen-bond acceptors (Lipinski definition) is 3. The lowest BCUT2D eigenvalue weighted by Crippen LogP contribution is -2.48. The van der Waals surface area contributed by atoms with E-state index in [1.54, 1.807) is 12.0 Å². The minimum absolute atomic E-state index is 0.0314. The Morgan fingerprint density at radius 3 is 2.47 bits per heavy atom. The van der Waals surface area contributed by atoms with Crippen molar-refractivity contribution in [2.45, 2.75) is 45.7 Å². The normalized spacial score (nSPS) is 14.7. The van der Waals surface area contributed by atoms with Crippen LogP contribution in [0, 0.1) is 0 Å². The van der Waals surface area contributed by atoms with E-state index in [9.17, 15) is 4.79 Å². The predicted molar refractivity (Wildman–Crippen MR) is 61.6 cm³/mol. The fourth-order valence-electron chi connectivity index (χ4n) is 1.66. The number of hydrogen-bond donors (Lipinski definition) is 1. The van der Waals surface area contributed by atoms with Crippen LogP contribution >= 0.6 is 0 Å². The van der Waals surface area contributed by atoms with Crippen molar-refractivity contribution in [3.8, 4) is 0 Å². The highest BCUT2D eigenvalue weighted by molar-refractivity contribution is 5.81. The average molecular weight is 216 g/mol. The first-order valence-electron chi connectivity index (χ1n) is 5.63. The van der Waals surface area contributed by atoms with Crippen molar-refractivity contribution in [2.75, 3.05) is 20.3 Å². The summed E-state index contributed by atoms with van der Waals surface area (Å²) in [5, 5.41) is 0. The number of likely N-dealkylation sites (N-methyl/N-ethyl adjacent to an activating group) is 1. The second-order valence-electron chi connectivity index (χ2n) is 3.82. The molecule has 4 heteroatoms. The first-order chi connectivity index (χ1) is 7.08. The summed E-state index contributed by atoms with van der Waals surface area (Å²) < 4.78 is 5.04. The Hall–Kier alpha value is -0.610. The molecule has 4 nitrogen and oxygen atoms in total. The smallest absolute Gasteiger partial charge is 0.239 e. The molecule has 0 saturated heterocycles. The quantitative estimate of drug-likeness (QED) is 0.690. The molecular weight excluding hydrogens is 192 g/mol. The van der Waals surface area contributed by atoms with Gasteiger partial charge in [-0.2, -0.15) is 0 Å². The van der Waals surface area contributed by atoms with Crippen molar-refractivity contribution in [1.29, 1.82) is 0 Å². The topological polar surface area (TPSA) is 55.6 Å². The van der Waals surface area contributed by atoms with Crippen LogP contribution in [-0.4, -0.2) is 43.2 Å². The average Bonchev–Trinajstić information content (AvgIpc) is 2.19. The van der Waals surface area contributed by atoms with Gasteiger partial charge in [0.25, 0.3) is 0 Å². The zero-order valence-electron chi connectivity index (χ0n) is 10.3. The van der Waals surface area contributed by atoms with Crippen LogP contribution in [0.2, 0.25) is 0 Å². The maximum absolute atomic E-state index is 11.9. The van der Waals surface area contributed by atoms with E-state index in [1.807, 2.05) is 20.8 Å². The van der Waals surface area contributed by atoms with E-state index in [1.165, 1.54) is 0 Å². The largest absolute Gasteiger partial charge is 0.383 e. The maximum Gasteiger partial charge on any atom is 0.239 e. The van der Waals surface area contributed by atoms with E-state index in [0.29, 0.717) is 13.2 Å². The van der Waals surface area contributed by atoms with Crippen molar-refractivity contribution in [1.82, 2.24) is 4.90 Å². The van der Waals surface area contributed by atoms with Gasteiger partial charge in [-0.25, -0.2) is 0 Å². The fraction of sp³-hybridized carbons (Fsp3) is 0.909.